The maximum absolute atomic E-state index is 10.0. The summed E-state index contributed by atoms with van der Waals surface area (Å²) in [5.74, 6) is 0. The fourth-order valence-corrected chi connectivity index (χ4v) is 1.81. The Kier molecular flexibility index (Phi) is 3.08. The van der Waals surface area contributed by atoms with E-state index in [0.29, 0.717) is 5.69 Å². The highest BCUT2D eigenvalue weighted by Gasteiger charge is 2.13. The van der Waals surface area contributed by atoms with Gasteiger partial charge in [-0.1, -0.05) is 34.1 Å². The number of nitrogens with zero attached hydrogens (tertiary/aromatic N) is 2. The predicted octanol–water partition coefficient (Wildman–Crippen LogP) is 2.32. The van der Waals surface area contributed by atoms with Crippen molar-refractivity contribution < 1.29 is 5.11 Å². The molecule has 0 saturated heterocycles. The van der Waals surface area contributed by atoms with Crippen LogP contribution in [-0.4, -0.2) is 15.1 Å². The molecule has 15 heavy (non-hydrogen) atoms. The minimum absolute atomic E-state index is 0.546. The molecule has 2 aromatic rings. The molecule has 1 aromatic heterocycles. The van der Waals surface area contributed by atoms with Crippen LogP contribution in [0.15, 0.2) is 47.3 Å². The maximum Gasteiger partial charge on any atom is 0.124 e. The van der Waals surface area contributed by atoms with Crippen LogP contribution >= 0.6 is 15.9 Å². The van der Waals surface area contributed by atoms with Crippen molar-refractivity contribution in [3.63, 3.8) is 0 Å². The van der Waals surface area contributed by atoms with Gasteiger partial charge in [0, 0.05) is 22.4 Å². The lowest BCUT2D eigenvalue weighted by Crippen LogP contribution is -2.03. The molecule has 1 atom stereocenters. The van der Waals surface area contributed by atoms with Gasteiger partial charge in [-0.15, -0.1) is 0 Å². The molecule has 4 heteroatoms. The number of halogens is 1. The van der Waals surface area contributed by atoms with Gasteiger partial charge in [-0.25, -0.2) is 0 Å². The van der Waals surface area contributed by atoms with Crippen molar-refractivity contribution in [3.05, 3.63) is 58.6 Å². The molecule has 0 aliphatic carbocycles. The van der Waals surface area contributed by atoms with Gasteiger partial charge in [-0.3, -0.25) is 9.97 Å². The van der Waals surface area contributed by atoms with E-state index in [0.717, 1.165) is 10.0 Å². The van der Waals surface area contributed by atoms with Gasteiger partial charge in [0.2, 0.25) is 0 Å². The van der Waals surface area contributed by atoms with E-state index in [1.807, 2.05) is 24.3 Å². The lowest BCUT2D eigenvalue weighted by molar-refractivity contribution is 0.214. The lowest BCUT2D eigenvalue weighted by atomic mass is 10.1. The second-order valence-corrected chi connectivity index (χ2v) is 3.91. The summed E-state index contributed by atoms with van der Waals surface area (Å²) in [5, 5.41) is 10.0. The summed E-state index contributed by atoms with van der Waals surface area (Å²) in [6.07, 6.45) is 3.96. The summed E-state index contributed by atoms with van der Waals surface area (Å²) in [5.41, 5.74) is 1.34. The molecule has 0 radical (unpaired) electrons. The normalized spacial score (nSPS) is 12.4. The topological polar surface area (TPSA) is 46.0 Å². The zero-order valence-electron chi connectivity index (χ0n) is 7.84. The van der Waals surface area contributed by atoms with Gasteiger partial charge in [0.1, 0.15) is 6.10 Å². The summed E-state index contributed by atoms with van der Waals surface area (Å²) in [7, 11) is 0. The third-order valence-corrected chi connectivity index (χ3v) is 2.79. The van der Waals surface area contributed by atoms with E-state index in [1.54, 1.807) is 18.6 Å². The third-order valence-electron chi connectivity index (χ3n) is 2.06. The molecular weight excluding hydrogens is 256 g/mol. The first-order valence-electron chi connectivity index (χ1n) is 4.47. The van der Waals surface area contributed by atoms with Crippen molar-refractivity contribution in [3.8, 4) is 0 Å². The number of aliphatic hydroxyl groups is 1. The van der Waals surface area contributed by atoms with Gasteiger partial charge in [0.25, 0.3) is 0 Å². The van der Waals surface area contributed by atoms with Gasteiger partial charge in [0.15, 0.2) is 0 Å². The zero-order chi connectivity index (χ0) is 10.7. The van der Waals surface area contributed by atoms with Crippen molar-refractivity contribution >= 4 is 15.9 Å². The van der Waals surface area contributed by atoms with Gasteiger partial charge in [-0.05, 0) is 6.07 Å². The molecule has 0 bridgehead atoms. The zero-order valence-corrected chi connectivity index (χ0v) is 9.42. The smallest absolute Gasteiger partial charge is 0.124 e. The molecule has 1 unspecified atom stereocenters. The van der Waals surface area contributed by atoms with Crippen LogP contribution < -0.4 is 0 Å². The van der Waals surface area contributed by atoms with Crippen LogP contribution in [-0.2, 0) is 0 Å². The second-order valence-electron chi connectivity index (χ2n) is 3.05. The van der Waals surface area contributed by atoms with Crippen molar-refractivity contribution in [2.24, 2.45) is 0 Å². The fourth-order valence-electron chi connectivity index (χ4n) is 1.31. The van der Waals surface area contributed by atoms with Crippen molar-refractivity contribution in [1.29, 1.82) is 0 Å². The fraction of sp³-hybridized carbons (Fsp3) is 0.0909. The number of hydrogen-bond donors (Lipinski definition) is 1. The number of aromatic nitrogens is 2. The van der Waals surface area contributed by atoms with Gasteiger partial charge < -0.3 is 5.11 Å². The summed E-state index contributed by atoms with van der Waals surface area (Å²) in [6, 6.07) is 7.51. The molecule has 0 aliphatic rings. The highest BCUT2D eigenvalue weighted by Crippen LogP contribution is 2.26. The summed E-state index contributed by atoms with van der Waals surface area (Å²) in [4.78, 5) is 7.99. The third kappa shape index (κ3) is 2.22. The van der Waals surface area contributed by atoms with Gasteiger partial charge in [0.05, 0.1) is 11.9 Å². The molecule has 0 saturated carbocycles. The lowest BCUT2D eigenvalue weighted by Gasteiger charge is -2.11. The highest BCUT2D eigenvalue weighted by atomic mass is 79.9. The first-order valence-corrected chi connectivity index (χ1v) is 5.27. The van der Waals surface area contributed by atoms with Crippen LogP contribution in [0.5, 0.6) is 0 Å². The van der Waals surface area contributed by atoms with Crippen molar-refractivity contribution in [2.75, 3.05) is 0 Å². The van der Waals surface area contributed by atoms with E-state index in [9.17, 15) is 5.11 Å². The summed E-state index contributed by atoms with van der Waals surface area (Å²) < 4.78 is 0.864. The minimum atomic E-state index is -0.741. The van der Waals surface area contributed by atoms with Crippen LogP contribution in [0.3, 0.4) is 0 Å². The van der Waals surface area contributed by atoms with Crippen LogP contribution in [0.1, 0.15) is 17.4 Å². The molecule has 0 spiro atoms. The Bertz CT molecular complexity index is 447. The van der Waals surface area contributed by atoms with E-state index in [2.05, 4.69) is 25.9 Å². The average Bonchev–Trinajstić information content (AvgIpc) is 2.30. The van der Waals surface area contributed by atoms with Crippen molar-refractivity contribution in [2.45, 2.75) is 6.10 Å². The Morgan fingerprint density at radius 3 is 2.67 bits per heavy atom. The van der Waals surface area contributed by atoms with Gasteiger partial charge in [-0.2, -0.15) is 0 Å². The number of aliphatic hydroxyl groups excluding tert-OH is 1. The first-order chi connectivity index (χ1) is 7.29. The number of benzene rings is 1. The van der Waals surface area contributed by atoms with E-state index in [4.69, 9.17) is 0 Å². The van der Waals surface area contributed by atoms with Crippen LogP contribution in [0, 0.1) is 0 Å². The molecule has 2 rings (SSSR count). The van der Waals surface area contributed by atoms with Crippen molar-refractivity contribution in [1.82, 2.24) is 9.97 Å². The molecule has 1 N–H and O–H groups in total. The minimum Gasteiger partial charge on any atom is -0.382 e. The second kappa shape index (κ2) is 4.51. The Labute approximate surface area is 96.0 Å². The highest BCUT2D eigenvalue weighted by molar-refractivity contribution is 9.10. The van der Waals surface area contributed by atoms with Crippen LogP contribution in [0.2, 0.25) is 0 Å². The molecule has 1 heterocycles. The molecular formula is C11H9BrN2O. The SMILES string of the molecule is OC(c1cnccn1)c1ccccc1Br. The Morgan fingerprint density at radius 2 is 2.00 bits per heavy atom. The summed E-state index contributed by atoms with van der Waals surface area (Å²) >= 11 is 3.39. The molecule has 0 amide bonds. The van der Waals surface area contributed by atoms with Crippen LogP contribution in [0.4, 0.5) is 0 Å². The van der Waals surface area contributed by atoms with Crippen LogP contribution in [0.25, 0.3) is 0 Å². The van der Waals surface area contributed by atoms with E-state index in [1.165, 1.54) is 0 Å². The molecule has 0 fully saturated rings. The molecule has 3 nitrogen and oxygen atoms in total. The van der Waals surface area contributed by atoms with E-state index >= 15 is 0 Å². The molecule has 1 aromatic carbocycles. The monoisotopic (exact) mass is 264 g/mol. The van der Waals surface area contributed by atoms with E-state index < -0.39 is 6.10 Å². The summed E-state index contributed by atoms with van der Waals surface area (Å²) in [6.45, 7) is 0. The Morgan fingerprint density at radius 1 is 1.20 bits per heavy atom. The largest absolute Gasteiger partial charge is 0.382 e. The average molecular weight is 265 g/mol. The quantitative estimate of drug-likeness (QED) is 0.906. The first kappa shape index (κ1) is 10.3. The predicted molar refractivity (Wildman–Crippen MR) is 60.2 cm³/mol. The standard InChI is InChI=1S/C11H9BrN2O/c12-9-4-2-1-3-8(9)11(15)10-7-13-5-6-14-10/h1-7,11,15H. The Hall–Kier alpha value is -1.26. The van der Waals surface area contributed by atoms with E-state index in [-0.39, 0.29) is 0 Å². The number of rotatable bonds is 2. The Balaban J connectivity index is 2.37. The molecule has 0 aliphatic heterocycles. The molecule has 76 valence electrons. The number of hydrogen-bond acceptors (Lipinski definition) is 3. The maximum atomic E-state index is 10.0. The van der Waals surface area contributed by atoms with Gasteiger partial charge >= 0.3 is 0 Å².